The number of allylic oxidation sites excluding steroid dienone is 2. The molecule has 2 heteroatoms. The number of hydrogen-bond acceptors (Lipinski definition) is 1. The Morgan fingerprint density at radius 3 is 3.00 bits per heavy atom. The van der Waals surface area contributed by atoms with Crippen LogP contribution >= 0.6 is 0 Å². The van der Waals surface area contributed by atoms with E-state index in [4.69, 9.17) is 0 Å². The maximum atomic E-state index is 11.1. The van der Waals surface area contributed by atoms with Crippen LogP contribution in [0.4, 0.5) is 0 Å². The first-order chi connectivity index (χ1) is 5.77. The predicted octanol–water partition coefficient (Wildman–Crippen LogP) is 1.97. The molecule has 0 fully saturated rings. The molecule has 0 aromatic carbocycles. The molecule has 0 spiro atoms. The van der Waals surface area contributed by atoms with Crippen LogP contribution in [0.3, 0.4) is 0 Å². The van der Waals surface area contributed by atoms with Gasteiger partial charge in [0.2, 0.25) is 5.91 Å². The Hall–Kier alpha value is -0.790. The van der Waals surface area contributed by atoms with Gasteiger partial charge in [0.15, 0.2) is 0 Å². The van der Waals surface area contributed by atoms with E-state index < -0.39 is 0 Å². The van der Waals surface area contributed by atoms with Crippen molar-refractivity contribution in [3.8, 4) is 0 Å². The number of nitrogens with one attached hydrogen (secondary N) is 1. The lowest BCUT2D eigenvalue weighted by molar-refractivity contribution is -0.120. The van der Waals surface area contributed by atoms with Gasteiger partial charge in [0.25, 0.3) is 0 Å². The van der Waals surface area contributed by atoms with E-state index in [0.717, 1.165) is 12.8 Å². The number of hydrogen-bond donors (Lipinski definition) is 1. The van der Waals surface area contributed by atoms with Gasteiger partial charge in [-0.1, -0.05) is 6.92 Å². The second kappa shape index (κ2) is 2.92. The maximum absolute atomic E-state index is 11.1. The van der Waals surface area contributed by atoms with Gasteiger partial charge in [0.05, 0.1) is 0 Å². The summed E-state index contributed by atoms with van der Waals surface area (Å²) < 4.78 is 0. The van der Waals surface area contributed by atoms with E-state index in [1.807, 2.05) is 0 Å². The fraction of sp³-hybridized carbons (Fsp3) is 0.700. The lowest BCUT2D eigenvalue weighted by Crippen LogP contribution is -2.31. The Morgan fingerprint density at radius 1 is 1.33 bits per heavy atom. The standard InChI is InChI=1S/C10H15NO/c1-7-3-2-4-9-8(7)5-6-10(12)11-9/h7H,2-6H2,1H3,(H,11,12)/t7-/m1/s1. The topological polar surface area (TPSA) is 29.1 Å². The maximum Gasteiger partial charge on any atom is 0.224 e. The molecular weight excluding hydrogens is 150 g/mol. The van der Waals surface area contributed by atoms with E-state index in [0.29, 0.717) is 12.3 Å². The minimum absolute atomic E-state index is 0.211. The number of carbonyl (C=O) groups excluding carboxylic acids is 1. The van der Waals surface area contributed by atoms with Gasteiger partial charge in [-0.15, -0.1) is 0 Å². The highest BCUT2D eigenvalue weighted by Gasteiger charge is 2.24. The minimum atomic E-state index is 0.211. The van der Waals surface area contributed by atoms with E-state index in [9.17, 15) is 4.79 Å². The minimum Gasteiger partial charge on any atom is -0.330 e. The fourth-order valence-corrected chi connectivity index (χ4v) is 2.24. The lowest BCUT2D eigenvalue weighted by Gasteiger charge is -2.29. The third-order valence-electron chi connectivity index (χ3n) is 2.96. The van der Waals surface area contributed by atoms with Crippen molar-refractivity contribution >= 4 is 5.91 Å². The van der Waals surface area contributed by atoms with Crippen LogP contribution in [0.1, 0.15) is 39.0 Å². The molecule has 1 amide bonds. The zero-order valence-electron chi connectivity index (χ0n) is 7.52. The summed E-state index contributed by atoms with van der Waals surface area (Å²) in [6.07, 6.45) is 5.33. The van der Waals surface area contributed by atoms with Gasteiger partial charge in [0.1, 0.15) is 0 Å². The second-order valence-corrected chi connectivity index (χ2v) is 3.85. The molecule has 0 saturated heterocycles. The molecule has 0 radical (unpaired) electrons. The average molecular weight is 165 g/mol. The van der Waals surface area contributed by atoms with Crippen molar-refractivity contribution in [2.75, 3.05) is 0 Å². The van der Waals surface area contributed by atoms with Crippen molar-refractivity contribution in [3.05, 3.63) is 11.3 Å². The van der Waals surface area contributed by atoms with Crippen LogP contribution in [0, 0.1) is 5.92 Å². The molecule has 2 rings (SSSR count). The quantitative estimate of drug-likeness (QED) is 0.584. The van der Waals surface area contributed by atoms with Gasteiger partial charge in [-0.3, -0.25) is 4.79 Å². The second-order valence-electron chi connectivity index (χ2n) is 3.85. The Bertz CT molecular complexity index is 242. The molecule has 0 aromatic heterocycles. The van der Waals surface area contributed by atoms with Gasteiger partial charge in [-0.05, 0) is 37.2 Å². The zero-order valence-corrected chi connectivity index (χ0v) is 7.52. The molecule has 1 atom stereocenters. The molecule has 1 aliphatic heterocycles. The smallest absolute Gasteiger partial charge is 0.224 e. The Balaban J connectivity index is 2.24. The molecule has 66 valence electrons. The number of rotatable bonds is 0. The van der Waals surface area contributed by atoms with E-state index in [1.54, 1.807) is 0 Å². The summed E-state index contributed by atoms with van der Waals surface area (Å²) in [6, 6.07) is 0. The van der Waals surface area contributed by atoms with Crippen molar-refractivity contribution in [1.29, 1.82) is 0 Å². The highest BCUT2D eigenvalue weighted by molar-refractivity contribution is 5.79. The molecule has 12 heavy (non-hydrogen) atoms. The SMILES string of the molecule is C[C@@H]1CCCC2=C1CCC(=O)N2. The molecule has 1 N–H and O–H groups in total. The molecule has 2 nitrogen and oxygen atoms in total. The molecule has 2 aliphatic rings. The van der Waals surface area contributed by atoms with E-state index in [-0.39, 0.29) is 5.91 Å². The highest BCUT2D eigenvalue weighted by atomic mass is 16.1. The van der Waals surface area contributed by atoms with Crippen LogP contribution < -0.4 is 5.32 Å². The van der Waals surface area contributed by atoms with Crippen molar-refractivity contribution in [1.82, 2.24) is 5.32 Å². The van der Waals surface area contributed by atoms with Crippen molar-refractivity contribution in [2.24, 2.45) is 5.92 Å². The third kappa shape index (κ3) is 1.26. The van der Waals surface area contributed by atoms with Crippen LogP contribution in [-0.4, -0.2) is 5.91 Å². The van der Waals surface area contributed by atoms with Crippen LogP contribution in [0.15, 0.2) is 11.3 Å². The van der Waals surface area contributed by atoms with Gasteiger partial charge < -0.3 is 5.32 Å². The summed E-state index contributed by atoms with van der Waals surface area (Å²) in [5, 5.41) is 2.99. The summed E-state index contributed by atoms with van der Waals surface area (Å²) in [5.74, 6) is 0.914. The molecule has 0 bridgehead atoms. The van der Waals surface area contributed by atoms with Crippen molar-refractivity contribution in [2.45, 2.75) is 39.0 Å². The molecular formula is C10H15NO. The Kier molecular flexibility index (Phi) is 1.91. The first kappa shape index (κ1) is 7.84. The van der Waals surface area contributed by atoms with E-state index >= 15 is 0 Å². The van der Waals surface area contributed by atoms with Crippen molar-refractivity contribution in [3.63, 3.8) is 0 Å². The monoisotopic (exact) mass is 165 g/mol. The van der Waals surface area contributed by atoms with Crippen LogP contribution in [0.25, 0.3) is 0 Å². The van der Waals surface area contributed by atoms with Gasteiger partial charge >= 0.3 is 0 Å². The zero-order chi connectivity index (χ0) is 8.55. The first-order valence-electron chi connectivity index (χ1n) is 4.79. The van der Waals surface area contributed by atoms with Crippen molar-refractivity contribution < 1.29 is 4.79 Å². The highest BCUT2D eigenvalue weighted by Crippen LogP contribution is 2.33. The molecule has 0 unspecified atom stereocenters. The van der Waals surface area contributed by atoms with E-state index in [2.05, 4.69) is 12.2 Å². The summed E-state index contributed by atoms with van der Waals surface area (Å²) in [4.78, 5) is 11.1. The summed E-state index contributed by atoms with van der Waals surface area (Å²) in [7, 11) is 0. The molecule has 1 aliphatic carbocycles. The predicted molar refractivity (Wildman–Crippen MR) is 47.4 cm³/mol. The number of carbonyl (C=O) groups is 1. The van der Waals surface area contributed by atoms with Gasteiger partial charge in [0, 0.05) is 12.1 Å². The summed E-state index contributed by atoms with van der Waals surface area (Å²) in [6.45, 7) is 2.27. The number of amides is 1. The van der Waals surface area contributed by atoms with Crippen LogP contribution in [-0.2, 0) is 4.79 Å². The lowest BCUT2D eigenvalue weighted by atomic mass is 9.83. The summed E-state index contributed by atoms with van der Waals surface area (Å²) >= 11 is 0. The third-order valence-corrected chi connectivity index (χ3v) is 2.96. The van der Waals surface area contributed by atoms with Gasteiger partial charge in [-0.2, -0.15) is 0 Å². The molecule has 0 aromatic rings. The fourth-order valence-electron chi connectivity index (χ4n) is 2.24. The molecule has 0 saturated carbocycles. The van der Waals surface area contributed by atoms with Crippen LogP contribution in [0.2, 0.25) is 0 Å². The summed E-state index contributed by atoms with van der Waals surface area (Å²) in [5.41, 5.74) is 2.76. The molecule has 1 heterocycles. The van der Waals surface area contributed by atoms with E-state index in [1.165, 1.54) is 24.1 Å². The largest absolute Gasteiger partial charge is 0.330 e. The normalized spacial score (nSPS) is 29.8. The Labute approximate surface area is 73.0 Å². The first-order valence-corrected chi connectivity index (χ1v) is 4.79. The average Bonchev–Trinajstić information content (AvgIpc) is 2.04. The van der Waals surface area contributed by atoms with Crippen LogP contribution in [0.5, 0.6) is 0 Å². The van der Waals surface area contributed by atoms with Gasteiger partial charge in [-0.25, -0.2) is 0 Å². The Morgan fingerprint density at radius 2 is 2.17 bits per heavy atom.